The van der Waals surface area contributed by atoms with Crippen LogP contribution in [0.3, 0.4) is 0 Å². The summed E-state index contributed by atoms with van der Waals surface area (Å²) in [6.07, 6.45) is 9.07. The molecule has 0 saturated carbocycles. The van der Waals surface area contributed by atoms with Gasteiger partial charge in [0.25, 0.3) is 0 Å². The number of benzene rings is 7. The van der Waals surface area contributed by atoms with Crippen LogP contribution < -0.4 is 4.74 Å². The van der Waals surface area contributed by atoms with Crippen molar-refractivity contribution in [3.8, 4) is 22.9 Å². The van der Waals surface area contributed by atoms with E-state index in [-0.39, 0.29) is 0 Å². The fourth-order valence-electron chi connectivity index (χ4n) is 9.73. The second kappa shape index (κ2) is 10.2. The Labute approximate surface area is 300 Å². The molecule has 52 heavy (non-hydrogen) atoms. The Morgan fingerprint density at radius 3 is 1.96 bits per heavy atom. The average Bonchev–Trinajstić information content (AvgIpc) is 3.74. The number of hydrogen-bond acceptors (Lipinski definition) is 1. The Morgan fingerprint density at radius 2 is 1.15 bits per heavy atom. The molecule has 1 spiro atoms. The van der Waals surface area contributed by atoms with Gasteiger partial charge < -0.3 is 13.9 Å². The lowest BCUT2D eigenvalue weighted by Crippen LogP contribution is -2.37. The molecule has 9 aromatic rings. The Hall–Kier alpha value is -6.58. The molecule has 3 heteroatoms. The number of aromatic nitrogens is 2. The number of allylic oxidation sites excluding steroid dienone is 4. The average molecular weight is 665 g/mol. The van der Waals surface area contributed by atoms with Crippen molar-refractivity contribution in [1.82, 2.24) is 9.13 Å². The van der Waals surface area contributed by atoms with Gasteiger partial charge in [-0.3, -0.25) is 0 Å². The largest absolute Gasteiger partial charge is 0.454 e. The molecule has 1 unspecified atom stereocenters. The number of hydrogen-bond donors (Lipinski definition) is 0. The summed E-state index contributed by atoms with van der Waals surface area (Å²) >= 11 is 0. The Kier molecular flexibility index (Phi) is 5.55. The fourth-order valence-corrected chi connectivity index (χ4v) is 9.73. The van der Waals surface area contributed by atoms with Gasteiger partial charge in [-0.1, -0.05) is 133 Å². The maximum atomic E-state index is 7.24. The van der Waals surface area contributed by atoms with E-state index in [0.717, 1.165) is 41.1 Å². The van der Waals surface area contributed by atoms with Crippen LogP contribution >= 0.6 is 0 Å². The lowest BCUT2D eigenvalue weighted by molar-refractivity contribution is 0.438. The molecule has 0 fully saturated rings. The lowest BCUT2D eigenvalue weighted by atomic mass is 9.61. The van der Waals surface area contributed by atoms with E-state index in [2.05, 4.69) is 179 Å². The molecule has 4 heterocycles. The standard InChI is InChI=1S/C49H32N2O/c1-2-13-31(14-3-1)32-25-27-33(28-26-32)50-42-21-8-4-16-35(42)37-29-30-41-48(47(37)50)52-45-24-11-7-19-39(45)49(41)38-18-6-10-23-44(38)51-43-22-9-5-15-34(43)36-17-12-20-40(49)46(36)51/h2,4-30H,1,3H2. The summed E-state index contributed by atoms with van der Waals surface area (Å²) in [7, 11) is 0. The molecular formula is C49H32N2O. The third-order valence-electron chi connectivity index (χ3n) is 11.8. The maximum absolute atomic E-state index is 7.24. The maximum Gasteiger partial charge on any atom is 0.156 e. The Bertz CT molecular complexity index is 3040. The molecule has 0 bridgehead atoms. The van der Waals surface area contributed by atoms with Crippen LogP contribution in [0.4, 0.5) is 0 Å². The summed E-state index contributed by atoms with van der Waals surface area (Å²) in [5.41, 5.74) is 13.8. The molecule has 244 valence electrons. The minimum atomic E-state index is -0.621. The summed E-state index contributed by atoms with van der Waals surface area (Å²) in [4.78, 5) is 0. The number of rotatable bonds is 2. The third-order valence-corrected chi connectivity index (χ3v) is 11.8. The van der Waals surface area contributed by atoms with E-state index >= 15 is 0 Å². The molecule has 1 aliphatic carbocycles. The van der Waals surface area contributed by atoms with Crippen molar-refractivity contribution in [1.29, 1.82) is 0 Å². The van der Waals surface area contributed by atoms with Gasteiger partial charge in [-0.15, -0.1) is 0 Å². The number of fused-ring (bicyclic) bond motifs is 15. The van der Waals surface area contributed by atoms with Crippen LogP contribution in [0.15, 0.2) is 170 Å². The van der Waals surface area contributed by atoms with Crippen LogP contribution in [-0.2, 0) is 5.41 Å². The quantitative estimate of drug-likeness (QED) is 0.180. The van der Waals surface area contributed by atoms with E-state index < -0.39 is 5.41 Å². The van der Waals surface area contributed by atoms with Crippen LogP contribution in [0.1, 0.15) is 40.7 Å². The Morgan fingerprint density at radius 1 is 0.481 bits per heavy atom. The van der Waals surface area contributed by atoms with Gasteiger partial charge in [0.1, 0.15) is 5.75 Å². The third kappa shape index (κ3) is 3.45. The van der Waals surface area contributed by atoms with Crippen molar-refractivity contribution in [2.45, 2.75) is 18.3 Å². The van der Waals surface area contributed by atoms with Gasteiger partial charge in [0.05, 0.1) is 33.2 Å². The molecule has 0 saturated heterocycles. The topological polar surface area (TPSA) is 19.1 Å². The molecule has 0 N–H and O–H groups in total. The normalized spacial score (nSPS) is 17.0. The Balaban J connectivity index is 1.23. The van der Waals surface area contributed by atoms with Crippen LogP contribution in [0.25, 0.3) is 60.6 Å². The first-order chi connectivity index (χ1) is 25.8. The zero-order valence-corrected chi connectivity index (χ0v) is 28.4. The van der Waals surface area contributed by atoms with Gasteiger partial charge in [0.2, 0.25) is 0 Å². The van der Waals surface area contributed by atoms with E-state index in [9.17, 15) is 0 Å². The van der Waals surface area contributed by atoms with Crippen LogP contribution in [0, 0.1) is 0 Å². The SMILES string of the molecule is C1=CC(c2ccc(-n3c4ccccc4c4ccc5c(c43)Oc3ccccc3C53c4ccccc4-n4c5ccccc5c5cccc3c54)cc2)=CCC1. The van der Waals surface area contributed by atoms with E-state index in [0.29, 0.717) is 0 Å². The van der Waals surface area contributed by atoms with Crippen LogP contribution in [-0.4, -0.2) is 9.13 Å². The molecule has 2 aromatic heterocycles. The molecular weight excluding hydrogens is 633 g/mol. The second-order valence-electron chi connectivity index (χ2n) is 14.3. The molecule has 12 rings (SSSR count). The van der Waals surface area contributed by atoms with Crippen molar-refractivity contribution in [3.63, 3.8) is 0 Å². The van der Waals surface area contributed by atoms with Gasteiger partial charge in [0.15, 0.2) is 5.75 Å². The second-order valence-corrected chi connectivity index (χ2v) is 14.3. The molecule has 3 aliphatic rings. The molecule has 1 atom stereocenters. The van der Waals surface area contributed by atoms with Crippen molar-refractivity contribution >= 4 is 49.2 Å². The summed E-state index contributed by atoms with van der Waals surface area (Å²) in [5.74, 6) is 1.80. The van der Waals surface area contributed by atoms with Crippen LogP contribution in [0.2, 0.25) is 0 Å². The zero-order chi connectivity index (χ0) is 34.0. The summed E-state index contributed by atoms with van der Waals surface area (Å²) in [6, 6.07) is 56.0. The van der Waals surface area contributed by atoms with Crippen molar-refractivity contribution in [3.05, 3.63) is 198 Å². The highest BCUT2D eigenvalue weighted by Crippen LogP contribution is 2.61. The van der Waals surface area contributed by atoms with Crippen molar-refractivity contribution in [2.75, 3.05) is 0 Å². The van der Waals surface area contributed by atoms with Crippen molar-refractivity contribution in [2.24, 2.45) is 0 Å². The van der Waals surface area contributed by atoms with E-state index in [4.69, 9.17) is 4.74 Å². The summed E-state index contributed by atoms with van der Waals surface area (Å²) in [5, 5.41) is 4.93. The smallest absolute Gasteiger partial charge is 0.156 e. The number of para-hydroxylation sites is 5. The highest BCUT2D eigenvalue weighted by atomic mass is 16.5. The fraction of sp³-hybridized carbons (Fsp3) is 0.0612. The molecule has 3 nitrogen and oxygen atoms in total. The van der Waals surface area contributed by atoms with Crippen molar-refractivity contribution < 1.29 is 4.74 Å². The minimum Gasteiger partial charge on any atom is -0.454 e. The highest BCUT2D eigenvalue weighted by Gasteiger charge is 2.51. The van der Waals surface area contributed by atoms with E-state index in [1.54, 1.807) is 0 Å². The summed E-state index contributed by atoms with van der Waals surface area (Å²) in [6.45, 7) is 0. The first kappa shape index (κ1) is 28.2. The van der Waals surface area contributed by atoms with Gasteiger partial charge in [-0.05, 0) is 71.5 Å². The molecule has 2 aliphatic heterocycles. The number of ether oxygens (including phenoxy) is 1. The number of nitrogens with zero attached hydrogens (tertiary/aromatic N) is 2. The van der Waals surface area contributed by atoms with E-state index in [1.807, 2.05) is 0 Å². The van der Waals surface area contributed by atoms with Gasteiger partial charge >= 0.3 is 0 Å². The van der Waals surface area contributed by atoms with Crippen LogP contribution in [0.5, 0.6) is 11.5 Å². The predicted molar refractivity (Wildman–Crippen MR) is 213 cm³/mol. The lowest BCUT2D eigenvalue weighted by Gasteiger charge is -2.45. The van der Waals surface area contributed by atoms with Gasteiger partial charge in [-0.2, -0.15) is 0 Å². The van der Waals surface area contributed by atoms with Gasteiger partial charge in [-0.25, -0.2) is 0 Å². The highest BCUT2D eigenvalue weighted by molar-refractivity contribution is 6.14. The zero-order valence-electron chi connectivity index (χ0n) is 28.4. The molecule has 0 radical (unpaired) electrons. The van der Waals surface area contributed by atoms with E-state index in [1.165, 1.54) is 71.6 Å². The monoisotopic (exact) mass is 664 g/mol. The first-order valence-electron chi connectivity index (χ1n) is 18.3. The summed E-state index contributed by atoms with van der Waals surface area (Å²) < 4.78 is 12.2. The predicted octanol–water partition coefficient (Wildman–Crippen LogP) is 12.4. The van der Waals surface area contributed by atoms with Gasteiger partial charge in [0, 0.05) is 38.4 Å². The molecule has 0 amide bonds. The minimum absolute atomic E-state index is 0.621. The first-order valence-corrected chi connectivity index (χ1v) is 18.3. The molecule has 7 aromatic carbocycles.